The first-order valence-corrected chi connectivity index (χ1v) is 4.16. The number of nitrogens with one attached hydrogen (secondary N) is 2. The van der Waals surface area contributed by atoms with Gasteiger partial charge < -0.3 is 21.5 Å². The molecule has 5 nitrogen and oxygen atoms in total. The summed E-state index contributed by atoms with van der Waals surface area (Å²) in [7, 11) is 1.52. The molecule has 0 radical (unpaired) electrons. The van der Waals surface area contributed by atoms with Crippen molar-refractivity contribution in [3.63, 3.8) is 0 Å². The molecule has 14 heavy (non-hydrogen) atoms. The van der Waals surface area contributed by atoms with E-state index in [-0.39, 0.29) is 18.3 Å². The van der Waals surface area contributed by atoms with Crippen LogP contribution in [0.4, 0.5) is 10.5 Å². The van der Waals surface area contributed by atoms with Gasteiger partial charge in [-0.2, -0.15) is 0 Å². The number of phenolic OH excluding ortho intramolecular Hbond substituents is 1. The minimum atomic E-state index is -0.299. The number of nitrogen functional groups attached to an aromatic ring is 1. The highest BCUT2D eigenvalue weighted by molar-refractivity contribution is 5.73. The zero-order chi connectivity index (χ0) is 10.6. The molecule has 2 amide bonds. The van der Waals surface area contributed by atoms with E-state index in [1.807, 2.05) is 0 Å². The zero-order valence-corrected chi connectivity index (χ0v) is 7.87. The molecule has 0 bridgehead atoms. The van der Waals surface area contributed by atoms with Gasteiger partial charge in [-0.25, -0.2) is 4.79 Å². The van der Waals surface area contributed by atoms with E-state index in [4.69, 9.17) is 5.73 Å². The van der Waals surface area contributed by atoms with E-state index in [1.165, 1.54) is 13.1 Å². The normalized spacial score (nSPS) is 9.50. The second-order valence-corrected chi connectivity index (χ2v) is 2.82. The molecule has 1 aromatic carbocycles. The number of nitrogens with two attached hydrogens (primary N) is 1. The maximum atomic E-state index is 10.8. The van der Waals surface area contributed by atoms with Gasteiger partial charge >= 0.3 is 6.03 Å². The van der Waals surface area contributed by atoms with Gasteiger partial charge in [-0.15, -0.1) is 0 Å². The van der Waals surface area contributed by atoms with Crippen molar-refractivity contribution in [1.29, 1.82) is 0 Å². The van der Waals surface area contributed by atoms with Crippen LogP contribution in [0, 0.1) is 0 Å². The van der Waals surface area contributed by atoms with E-state index in [2.05, 4.69) is 10.6 Å². The number of hydrogen-bond acceptors (Lipinski definition) is 3. The smallest absolute Gasteiger partial charge is 0.314 e. The molecule has 1 rings (SSSR count). The molecule has 1 aromatic rings. The average molecular weight is 195 g/mol. The van der Waals surface area contributed by atoms with Crippen molar-refractivity contribution in [3.8, 4) is 5.75 Å². The molecule has 0 atom stereocenters. The minimum absolute atomic E-state index is 0.121. The van der Waals surface area contributed by atoms with E-state index < -0.39 is 0 Å². The number of carbonyl (C=O) groups is 1. The van der Waals surface area contributed by atoms with Crippen LogP contribution in [0.3, 0.4) is 0 Å². The van der Waals surface area contributed by atoms with Gasteiger partial charge in [-0.05, 0) is 18.2 Å². The van der Waals surface area contributed by atoms with E-state index in [1.54, 1.807) is 12.1 Å². The fraction of sp³-hybridized carbons (Fsp3) is 0.222. The van der Waals surface area contributed by atoms with Crippen LogP contribution in [0.15, 0.2) is 18.2 Å². The van der Waals surface area contributed by atoms with Crippen molar-refractivity contribution in [1.82, 2.24) is 10.6 Å². The van der Waals surface area contributed by atoms with Crippen LogP contribution in [-0.2, 0) is 6.54 Å². The summed E-state index contributed by atoms with van der Waals surface area (Å²) >= 11 is 0. The first-order valence-electron chi connectivity index (χ1n) is 4.16. The molecule has 76 valence electrons. The second kappa shape index (κ2) is 4.36. The summed E-state index contributed by atoms with van der Waals surface area (Å²) in [6.45, 7) is 0.247. The van der Waals surface area contributed by atoms with Crippen LogP contribution >= 0.6 is 0 Å². The van der Waals surface area contributed by atoms with Gasteiger partial charge in [0.1, 0.15) is 5.75 Å². The highest BCUT2D eigenvalue weighted by Gasteiger charge is 2.02. The molecular weight excluding hydrogens is 182 g/mol. The van der Waals surface area contributed by atoms with E-state index in [0.29, 0.717) is 11.3 Å². The topological polar surface area (TPSA) is 87.4 Å². The molecule has 0 aliphatic carbocycles. The Bertz CT molecular complexity index is 339. The quantitative estimate of drug-likeness (QED) is 0.407. The Kier molecular flexibility index (Phi) is 3.17. The number of aromatic hydroxyl groups is 1. The lowest BCUT2D eigenvalue weighted by Crippen LogP contribution is -2.32. The molecule has 0 unspecified atom stereocenters. The van der Waals surface area contributed by atoms with Gasteiger partial charge in [0.05, 0.1) is 0 Å². The molecule has 0 aliphatic rings. The number of anilines is 1. The molecule has 0 heterocycles. The Morgan fingerprint density at radius 2 is 2.29 bits per heavy atom. The number of amides is 2. The summed E-state index contributed by atoms with van der Waals surface area (Å²) in [5.74, 6) is 0.121. The van der Waals surface area contributed by atoms with Crippen molar-refractivity contribution in [2.45, 2.75) is 6.54 Å². The first-order chi connectivity index (χ1) is 6.63. The summed E-state index contributed by atoms with van der Waals surface area (Å²) in [4.78, 5) is 10.8. The molecule has 5 heteroatoms. The molecule has 0 aromatic heterocycles. The largest absolute Gasteiger partial charge is 0.508 e. The van der Waals surface area contributed by atoms with Gasteiger partial charge in [0.2, 0.25) is 0 Å². The fourth-order valence-electron chi connectivity index (χ4n) is 1.01. The molecule has 0 spiro atoms. The maximum absolute atomic E-state index is 10.8. The first kappa shape index (κ1) is 10.2. The highest BCUT2D eigenvalue weighted by atomic mass is 16.3. The summed E-state index contributed by atoms with van der Waals surface area (Å²) in [5.41, 5.74) is 6.67. The van der Waals surface area contributed by atoms with Crippen LogP contribution < -0.4 is 16.4 Å². The van der Waals surface area contributed by atoms with Crippen LogP contribution in [0.25, 0.3) is 0 Å². The van der Waals surface area contributed by atoms with Crippen molar-refractivity contribution in [2.75, 3.05) is 12.8 Å². The standard InChI is InChI=1S/C9H13N3O2/c1-11-9(14)12-5-6-4-7(10)2-3-8(6)13/h2-4,13H,5,10H2,1H3,(H2,11,12,14). The number of hydrogen-bond donors (Lipinski definition) is 4. The molecular formula is C9H13N3O2. The lowest BCUT2D eigenvalue weighted by Gasteiger charge is -2.07. The van der Waals surface area contributed by atoms with Crippen molar-refractivity contribution < 1.29 is 9.90 Å². The third-order valence-electron chi connectivity index (χ3n) is 1.77. The summed E-state index contributed by atoms with van der Waals surface area (Å²) in [5, 5.41) is 14.4. The predicted octanol–water partition coefficient (Wildman–Crippen LogP) is 0.403. The Hall–Kier alpha value is -1.91. The molecule has 0 saturated heterocycles. The fourth-order valence-corrected chi connectivity index (χ4v) is 1.01. The number of urea groups is 1. The Morgan fingerprint density at radius 1 is 1.57 bits per heavy atom. The zero-order valence-electron chi connectivity index (χ0n) is 7.87. The molecule has 0 fully saturated rings. The number of rotatable bonds is 2. The number of carbonyl (C=O) groups excluding carboxylic acids is 1. The van der Waals surface area contributed by atoms with Gasteiger partial charge in [-0.3, -0.25) is 0 Å². The van der Waals surface area contributed by atoms with Crippen LogP contribution in [0.5, 0.6) is 5.75 Å². The van der Waals surface area contributed by atoms with Gasteiger partial charge in [0, 0.05) is 24.8 Å². The third kappa shape index (κ3) is 2.55. The summed E-state index contributed by atoms with van der Waals surface area (Å²) < 4.78 is 0. The third-order valence-corrected chi connectivity index (χ3v) is 1.77. The van der Waals surface area contributed by atoms with E-state index in [9.17, 15) is 9.90 Å². The Balaban J connectivity index is 2.66. The highest BCUT2D eigenvalue weighted by Crippen LogP contribution is 2.19. The number of benzene rings is 1. The molecule has 0 saturated carbocycles. The van der Waals surface area contributed by atoms with Gasteiger partial charge in [0.25, 0.3) is 0 Å². The monoisotopic (exact) mass is 195 g/mol. The maximum Gasteiger partial charge on any atom is 0.314 e. The average Bonchev–Trinajstić information content (AvgIpc) is 2.19. The van der Waals surface area contributed by atoms with Gasteiger partial charge in [-0.1, -0.05) is 0 Å². The lowest BCUT2D eigenvalue weighted by atomic mass is 10.2. The van der Waals surface area contributed by atoms with Crippen LogP contribution in [0.1, 0.15) is 5.56 Å². The van der Waals surface area contributed by atoms with Crippen molar-refractivity contribution in [3.05, 3.63) is 23.8 Å². The Morgan fingerprint density at radius 3 is 2.93 bits per heavy atom. The van der Waals surface area contributed by atoms with Gasteiger partial charge in [0.15, 0.2) is 0 Å². The summed E-state index contributed by atoms with van der Waals surface area (Å²) in [6, 6.07) is 4.41. The van der Waals surface area contributed by atoms with E-state index in [0.717, 1.165) is 0 Å². The molecule has 0 aliphatic heterocycles. The number of phenols is 1. The van der Waals surface area contributed by atoms with Crippen LogP contribution in [0.2, 0.25) is 0 Å². The summed E-state index contributed by atoms with van der Waals surface area (Å²) in [6.07, 6.45) is 0. The van der Waals surface area contributed by atoms with Crippen molar-refractivity contribution in [2.24, 2.45) is 0 Å². The predicted molar refractivity (Wildman–Crippen MR) is 53.8 cm³/mol. The van der Waals surface area contributed by atoms with E-state index >= 15 is 0 Å². The van der Waals surface area contributed by atoms with Crippen LogP contribution in [-0.4, -0.2) is 18.2 Å². The SMILES string of the molecule is CNC(=O)NCc1cc(N)ccc1O. The minimum Gasteiger partial charge on any atom is -0.508 e. The Labute approximate surface area is 81.9 Å². The lowest BCUT2D eigenvalue weighted by molar-refractivity contribution is 0.242. The molecule has 5 N–H and O–H groups in total. The second-order valence-electron chi connectivity index (χ2n) is 2.82. The van der Waals surface area contributed by atoms with Crippen molar-refractivity contribution >= 4 is 11.7 Å².